The van der Waals surface area contributed by atoms with Crippen molar-refractivity contribution >= 4 is 16.7 Å². The molecule has 3 rings (SSSR count). The molecule has 0 aliphatic carbocycles. The molecule has 1 N–H and O–H groups in total. The van der Waals surface area contributed by atoms with Crippen molar-refractivity contribution in [2.45, 2.75) is 13.0 Å². The summed E-state index contributed by atoms with van der Waals surface area (Å²) in [5.41, 5.74) is 1.79. The molecular formula is C19H17NO. The lowest BCUT2D eigenvalue weighted by atomic mass is 10.1. The van der Waals surface area contributed by atoms with Crippen LogP contribution >= 0.6 is 0 Å². The minimum Gasteiger partial charge on any atom is -0.346 e. The van der Waals surface area contributed by atoms with Gasteiger partial charge in [-0.05, 0) is 35.4 Å². The summed E-state index contributed by atoms with van der Waals surface area (Å²) < 4.78 is 0. The van der Waals surface area contributed by atoms with Crippen LogP contribution in [0.5, 0.6) is 0 Å². The summed E-state index contributed by atoms with van der Waals surface area (Å²) >= 11 is 0. The zero-order chi connectivity index (χ0) is 14.7. The van der Waals surface area contributed by atoms with Crippen molar-refractivity contribution in [1.29, 1.82) is 0 Å². The van der Waals surface area contributed by atoms with Gasteiger partial charge in [0.05, 0.1) is 6.04 Å². The Labute approximate surface area is 124 Å². The van der Waals surface area contributed by atoms with Gasteiger partial charge in [0.15, 0.2) is 0 Å². The fraction of sp³-hybridized carbons (Fsp3) is 0.105. The van der Waals surface area contributed by atoms with Gasteiger partial charge in [-0.2, -0.15) is 0 Å². The Morgan fingerprint density at radius 1 is 0.857 bits per heavy atom. The van der Waals surface area contributed by atoms with E-state index in [1.54, 1.807) is 0 Å². The Kier molecular flexibility index (Phi) is 3.69. The van der Waals surface area contributed by atoms with Crippen molar-refractivity contribution in [2.75, 3.05) is 0 Å². The highest BCUT2D eigenvalue weighted by Gasteiger charge is 2.11. The van der Waals surface area contributed by atoms with Gasteiger partial charge in [-0.25, -0.2) is 0 Å². The van der Waals surface area contributed by atoms with E-state index in [2.05, 4.69) is 5.32 Å². The second-order valence-electron chi connectivity index (χ2n) is 5.17. The van der Waals surface area contributed by atoms with Gasteiger partial charge in [0.1, 0.15) is 0 Å². The molecule has 0 saturated heterocycles. The maximum Gasteiger partial charge on any atom is 0.251 e. The van der Waals surface area contributed by atoms with E-state index in [0.717, 1.165) is 16.3 Å². The summed E-state index contributed by atoms with van der Waals surface area (Å²) in [6, 6.07) is 23.8. The lowest BCUT2D eigenvalue weighted by molar-refractivity contribution is 0.0940. The number of nitrogens with one attached hydrogen (secondary N) is 1. The highest BCUT2D eigenvalue weighted by Crippen LogP contribution is 2.17. The maximum atomic E-state index is 12.4. The number of carbonyl (C=O) groups is 1. The van der Waals surface area contributed by atoms with Crippen molar-refractivity contribution in [3.05, 3.63) is 83.9 Å². The van der Waals surface area contributed by atoms with Crippen LogP contribution in [0.1, 0.15) is 28.9 Å². The molecule has 0 spiro atoms. The molecule has 104 valence electrons. The van der Waals surface area contributed by atoms with Crippen molar-refractivity contribution < 1.29 is 4.79 Å². The molecule has 0 unspecified atom stereocenters. The van der Waals surface area contributed by atoms with E-state index in [4.69, 9.17) is 0 Å². The molecule has 0 heterocycles. The van der Waals surface area contributed by atoms with Gasteiger partial charge in [-0.15, -0.1) is 0 Å². The summed E-state index contributed by atoms with van der Waals surface area (Å²) in [7, 11) is 0. The van der Waals surface area contributed by atoms with E-state index < -0.39 is 0 Å². The van der Waals surface area contributed by atoms with Crippen LogP contribution in [0.25, 0.3) is 10.8 Å². The van der Waals surface area contributed by atoms with Crippen LogP contribution in [-0.4, -0.2) is 5.91 Å². The molecule has 0 radical (unpaired) electrons. The van der Waals surface area contributed by atoms with Gasteiger partial charge >= 0.3 is 0 Å². The lowest BCUT2D eigenvalue weighted by Gasteiger charge is -2.14. The Morgan fingerprint density at radius 3 is 2.29 bits per heavy atom. The van der Waals surface area contributed by atoms with E-state index in [1.807, 2.05) is 79.7 Å². The fourth-order valence-corrected chi connectivity index (χ4v) is 2.44. The summed E-state index contributed by atoms with van der Waals surface area (Å²) in [6.07, 6.45) is 0. The van der Waals surface area contributed by atoms with Gasteiger partial charge in [0.25, 0.3) is 5.91 Å². The zero-order valence-electron chi connectivity index (χ0n) is 11.9. The second kappa shape index (κ2) is 5.80. The van der Waals surface area contributed by atoms with Crippen LogP contribution in [0.4, 0.5) is 0 Å². The van der Waals surface area contributed by atoms with E-state index in [-0.39, 0.29) is 11.9 Å². The standard InChI is InChI=1S/C19H17NO/c1-14(15-7-3-2-4-8-15)20-19(21)18-12-11-16-9-5-6-10-17(16)13-18/h2-14H,1H3,(H,20,21)/t14-/m1/s1/i21+2. The first-order valence-corrected chi connectivity index (χ1v) is 7.08. The largest absolute Gasteiger partial charge is 0.346 e. The molecular weight excluding hydrogens is 260 g/mol. The summed E-state index contributed by atoms with van der Waals surface area (Å²) in [5, 5.41) is 5.26. The molecule has 21 heavy (non-hydrogen) atoms. The van der Waals surface area contributed by atoms with Crippen LogP contribution in [0.3, 0.4) is 0 Å². The Hall–Kier alpha value is -2.61. The number of amides is 1. The third kappa shape index (κ3) is 2.95. The third-order valence-corrected chi connectivity index (χ3v) is 3.66. The fourth-order valence-electron chi connectivity index (χ4n) is 2.44. The molecule has 0 bridgehead atoms. The highest BCUT2D eigenvalue weighted by atomic mass is 18.1. The van der Waals surface area contributed by atoms with Crippen molar-refractivity contribution in [3.63, 3.8) is 0 Å². The average Bonchev–Trinajstić information content (AvgIpc) is 2.55. The topological polar surface area (TPSA) is 29.1 Å². The number of fused-ring (bicyclic) bond motifs is 1. The monoisotopic (exact) mass is 277 g/mol. The first kappa shape index (κ1) is 13.4. The highest BCUT2D eigenvalue weighted by molar-refractivity contribution is 5.98. The van der Waals surface area contributed by atoms with Gasteiger partial charge in [0, 0.05) is 5.56 Å². The smallest absolute Gasteiger partial charge is 0.251 e. The predicted molar refractivity (Wildman–Crippen MR) is 86.3 cm³/mol. The molecule has 1 atom stereocenters. The minimum atomic E-state index is -0.0443. The zero-order valence-corrected chi connectivity index (χ0v) is 11.9. The predicted octanol–water partition coefficient (Wildman–Crippen LogP) is 4.33. The molecule has 0 aromatic heterocycles. The molecule has 3 aromatic rings. The van der Waals surface area contributed by atoms with Gasteiger partial charge in [-0.1, -0.05) is 60.7 Å². The van der Waals surface area contributed by atoms with Gasteiger partial charge in [0.2, 0.25) is 0 Å². The quantitative estimate of drug-likeness (QED) is 0.709. The van der Waals surface area contributed by atoms with E-state index in [1.165, 1.54) is 0 Å². The third-order valence-electron chi connectivity index (χ3n) is 3.66. The normalized spacial score (nSPS) is 12.0. The minimum absolute atomic E-state index is 0.00910. The van der Waals surface area contributed by atoms with Crippen LogP contribution in [0.2, 0.25) is 0 Å². The number of rotatable bonds is 3. The average molecular weight is 277 g/mol. The molecule has 0 fully saturated rings. The first-order valence-electron chi connectivity index (χ1n) is 7.08. The lowest BCUT2D eigenvalue weighted by Crippen LogP contribution is -2.26. The molecule has 0 aliphatic heterocycles. The summed E-state index contributed by atoms with van der Waals surface area (Å²) in [6.45, 7) is 1.99. The first-order chi connectivity index (χ1) is 10.2. The van der Waals surface area contributed by atoms with Crippen LogP contribution in [0.15, 0.2) is 72.8 Å². The van der Waals surface area contributed by atoms with E-state index >= 15 is 0 Å². The molecule has 0 aliphatic rings. The van der Waals surface area contributed by atoms with Crippen LogP contribution in [-0.2, 0) is 0 Å². The Bertz CT molecular complexity index is 765. The molecule has 2 nitrogen and oxygen atoms in total. The van der Waals surface area contributed by atoms with Crippen molar-refractivity contribution in [3.8, 4) is 0 Å². The SMILES string of the molecule is C[C@@H](NC(=[18O])c1ccc2ccccc2c1)c1ccccc1. The molecule has 2 heteroatoms. The molecule has 1 amide bonds. The van der Waals surface area contributed by atoms with E-state index in [0.29, 0.717) is 5.56 Å². The maximum absolute atomic E-state index is 12.4. The van der Waals surface area contributed by atoms with Crippen molar-refractivity contribution in [1.82, 2.24) is 5.32 Å². The van der Waals surface area contributed by atoms with Crippen LogP contribution in [0, 0.1) is 0 Å². The van der Waals surface area contributed by atoms with Crippen LogP contribution < -0.4 is 5.32 Å². The summed E-state index contributed by atoms with van der Waals surface area (Å²) in [4.78, 5) is 12.4. The number of hydrogen-bond acceptors (Lipinski definition) is 1. The Balaban J connectivity index is 1.80. The second-order valence-corrected chi connectivity index (χ2v) is 5.17. The van der Waals surface area contributed by atoms with Crippen molar-refractivity contribution in [2.24, 2.45) is 0 Å². The number of carbonyl (C=O) groups excluding carboxylic acids is 1. The molecule has 0 saturated carbocycles. The van der Waals surface area contributed by atoms with E-state index in [9.17, 15) is 4.79 Å². The Morgan fingerprint density at radius 2 is 1.52 bits per heavy atom. The number of benzene rings is 3. The molecule has 3 aromatic carbocycles. The number of hydrogen-bond donors (Lipinski definition) is 1. The van der Waals surface area contributed by atoms with Gasteiger partial charge in [-0.3, -0.25) is 4.79 Å². The summed E-state index contributed by atoms with van der Waals surface area (Å²) in [5.74, 6) is -0.0443. The van der Waals surface area contributed by atoms with Gasteiger partial charge < -0.3 is 5.32 Å².